The molecule has 1 saturated carbocycles. The van der Waals surface area contributed by atoms with Gasteiger partial charge in [0.15, 0.2) is 0 Å². The number of carbonyl (C=O) groups is 4. The maximum atomic E-state index is 12.3. The largest absolute Gasteiger partial charge is 0.483 e. The number of primary amides is 1. The molecule has 3 rings (SSSR count). The van der Waals surface area contributed by atoms with Gasteiger partial charge in [0.05, 0.1) is 18.7 Å². The molecule has 0 radical (unpaired) electrons. The van der Waals surface area contributed by atoms with Gasteiger partial charge in [-0.15, -0.1) is 11.3 Å². The Labute approximate surface area is 184 Å². The first-order valence-electron chi connectivity index (χ1n) is 9.86. The van der Waals surface area contributed by atoms with Crippen LogP contribution in [0.15, 0.2) is 35.7 Å². The van der Waals surface area contributed by atoms with E-state index in [1.54, 1.807) is 0 Å². The normalized spacial score (nSPS) is 17.5. The summed E-state index contributed by atoms with van der Waals surface area (Å²) in [6.45, 7) is -0.381. The molecule has 9 nitrogen and oxygen atoms in total. The molecule has 1 heterocycles. The number of hydrogen-bond acceptors (Lipinski definition) is 6. The third-order valence-corrected chi connectivity index (χ3v) is 5.75. The third kappa shape index (κ3) is 8.17. The van der Waals surface area contributed by atoms with Gasteiger partial charge in [0, 0.05) is 22.9 Å². The van der Waals surface area contributed by atoms with E-state index >= 15 is 0 Å². The number of rotatable bonds is 7. The van der Waals surface area contributed by atoms with E-state index in [4.69, 9.17) is 15.6 Å². The average molecular weight is 447 g/mol. The third-order valence-electron chi connectivity index (χ3n) is 4.81. The van der Waals surface area contributed by atoms with Crippen LogP contribution in [0.4, 0.5) is 0 Å². The molecule has 5 N–H and O–H groups in total. The van der Waals surface area contributed by atoms with Crippen molar-refractivity contribution in [2.75, 3.05) is 6.54 Å². The van der Waals surface area contributed by atoms with Gasteiger partial charge in [-0.25, -0.2) is 4.98 Å². The van der Waals surface area contributed by atoms with Gasteiger partial charge >= 0.3 is 0 Å². The first-order valence-corrected chi connectivity index (χ1v) is 10.7. The molecule has 1 fully saturated rings. The molecule has 3 amide bonds. The predicted molar refractivity (Wildman–Crippen MR) is 116 cm³/mol. The van der Waals surface area contributed by atoms with E-state index in [1.807, 2.05) is 35.7 Å². The lowest BCUT2D eigenvalue weighted by Crippen LogP contribution is -2.42. The number of hydrogen-bond donors (Lipinski definition) is 4. The van der Waals surface area contributed by atoms with Crippen molar-refractivity contribution in [3.8, 4) is 10.6 Å². The van der Waals surface area contributed by atoms with Gasteiger partial charge in [-0.2, -0.15) is 0 Å². The molecule has 2 aromatic rings. The fourth-order valence-corrected chi connectivity index (χ4v) is 4.19. The maximum absolute atomic E-state index is 12.3. The topological polar surface area (TPSA) is 151 Å². The monoisotopic (exact) mass is 446 g/mol. The lowest BCUT2D eigenvalue weighted by molar-refractivity contribution is -0.128. The van der Waals surface area contributed by atoms with Gasteiger partial charge in [-0.1, -0.05) is 30.3 Å². The number of thiazole rings is 1. The zero-order valence-corrected chi connectivity index (χ0v) is 17.8. The van der Waals surface area contributed by atoms with Gasteiger partial charge in [0.1, 0.15) is 5.01 Å². The number of carboxylic acid groups (broad SMARTS) is 1. The second kappa shape index (κ2) is 12.4. The van der Waals surface area contributed by atoms with E-state index in [0.29, 0.717) is 12.8 Å². The van der Waals surface area contributed by atoms with E-state index in [1.165, 1.54) is 11.3 Å². The Bertz CT molecular complexity index is 879. The SMILES string of the molecule is NC(=O)CNC(=O)C1CCC(NC(=O)Cc2csc(-c3ccccc3)n2)CC1.O=CO. The molecule has 0 unspecified atom stereocenters. The molecule has 0 spiro atoms. The summed E-state index contributed by atoms with van der Waals surface area (Å²) in [7, 11) is 0. The molecule has 1 aromatic heterocycles. The second-order valence-corrected chi connectivity index (χ2v) is 7.95. The summed E-state index contributed by atoms with van der Waals surface area (Å²) in [4.78, 5) is 48.0. The summed E-state index contributed by atoms with van der Waals surface area (Å²) in [5.41, 5.74) is 6.85. The van der Waals surface area contributed by atoms with E-state index in [2.05, 4.69) is 15.6 Å². The fourth-order valence-electron chi connectivity index (χ4n) is 3.36. The minimum absolute atomic E-state index is 0.0495. The van der Waals surface area contributed by atoms with E-state index in [9.17, 15) is 14.4 Å². The van der Waals surface area contributed by atoms with Crippen molar-refractivity contribution in [1.29, 1.82) is 0 Å². The number of amides is 3. The number of benzene rings is 1. The molecule has 1 aliphatic rings. The molecule has 0 atom stereocenters. The molecule has 10 heteroatoms. The Balaban J connectivity index is 0.00000107. The van der Waals surface area contributed by atoms with Gasteiger partial charge in [-0.3, -0.25) is 19.2 Å². The Kier molecular flexibility index (Phi) is 9.63. The van der Waals surface area contributed by atoms with Crippen LogP contribution in [0.5, 0.6) is 0 Å². The van der Waals surface area contributed by atoms with Crippen molar-refractivity contribution in [2.24, 2.45) is 11.7 Å². The molecule has 0 aliphatic heterocycles. The van der Waals surface area contributed by atoms with Gasteiger partial charge in [0.2, 0.25) is 17.7 Å². The standard InChI is InChI=1S/C20H24N4O3S.CH2O2/c21-17(25)11-22-19(27)13-6-8-15(9-7-13)23-18(26)10-16-12-28-20(24-16)14-4-2-1-3-5-14;2-1-3/h1-5,12-13,15H,6-11H2,(H2,21,25)(H,22,27)(H,23,26);1H,(H,2,3). The first-order chi connectivity index (χ1) is 14.9. The predicted octanol–water partition coefficient (Wildman–Crippen LogP) is 1.33. The lowest BCUT2D eigenvalue weighted by atomic mass is 9.85. The Morgan fingerprint density at radius 2 is 1.81 bits per heavy atom. The minimum Gasteiger partial charge on any atom is -0.483 e. The molecule has 0 bridgehead atoms. The highest BCUT2D eigenvalue weighted by atomic mass is 32.1. The summed E-state index contributed by atoms with van der Waals surface area (Å²) in [5.74, 6) is -0.864. The van der Waals surface area contributed by atoms with Crippen LogP contribution in [-0.4, -0.2) is 46.9 Å². The van der Waals surface area contributed by atoms with Gasteiger partial charge in [-0.05, 0) is 25.7 Å². The zero-order valence-electron chi connectivity index (χ0n) is 17.0. The molecule has 1 aromatic carbocycles. The van der Waals surface area contributed by atoms with Crippen LogP contribution >= 0.6 is 11.3 Å². The highest BCUT2D eigenvalue weighted by Crippen LogP contribution is 2.25. The molecular formula is C21H26N4O5S. The quantitative estimate of drug-likeness (QED) is 0.471. The van der Waals surface area contributed by atoms with Crippen molar-refractivity contribution in [3.63, 3.8) is 0 Å². The summed E-state index contributed by atoms with van der Waals surface area (Å²) in [6.07, 6.45) is 3.11. The van der Waals surface area contributed by atoms with Crippen molar-refractivity contribution in [3.05, 3.63) is 41.4 Å². The molecule has 166 valence electrons. The number of nitrogens with one attached hydrogen (secondary N) is 2. The van der Waals surface area contributed by atoms with Crippen molar-refractivity contribution in [2.45, 2.75) is 38.1 Å². The highest BCUT2D eigenvalue weighted by Gasteiger charge is 2.27. The smallest absolute Gasteiger partial charge is 0.290 e. The summed E-state index contributed by atoms with van der Waals surface area (Å²) < 4.78 is 0. The highest BCUT2D eigenvalue weighted by molar-refractivity contribution is 7.13. The number of carbonyl (C=O) groups excluding carboxylic acids is 3. The molecule has 1 aliphatic carbocycles. The average Bonchev–Trinajstić information content (AvgIpc) is 3.22. The van der Waals surface area contributed by atoms with Crippen LogP contribution in [0.1, 0.15) is 31.4 Å². The fraction of sp³-hybridized carbons (Fsp3) is 0.381. The number of nitrogens with zero attached hydrogens (tertiary/aromatic N) is 1. The summed E-state index contributed by atoms with van der Waals surface area (Å²) >= 11 is 1.53. The van der Waals surface area contributed by atoms with E-state index in [0.717, 1.165) is 29.1 Å². The molecule has 31 heavy (non-hydrogen) atoms. The summed E-state index contributed by atoms with van der Waals surface area (Å²) in [6, 6.07) is 9.96. The Morgan fingerprint density at radius 1 is 1.16 bits per heavy atom. The van der Waals surface area contributed by atoms with Crippen molar-refractivity contribution in [1.82, 2.24) is 15.6 Å². The van der Waals surface area contributed by atoms with Crippen LogP contribution < -0.4 is 16.4 Å². The minimum atomic E-state index is -0.549. The second-order valence-electron chi connectivity index (χ2n) is 7.09. The van der Waals surface area contributed by atoms with Crippen molar-refractivity contribution >= 4 is 35.5 Å². The first kappa shape index (κ1) is 24.0. The zero-order chi connectivity index (χ0) is 22.6. The van der Waals surface area contributed by atoms with E-state index in [-0.39, 0.29) is 43.2 Å². The Hall–Kier alpha value is -3.27. The van der Waals surface area contributed by atoms with Gasteiger partial charge in [0.25, 0.3) is 6.47 Å². The van der Waals surface area contributed by atoms with Crippen LogP contribution in [0.3, 0.4) is 0 Å². The van der Waals surface area contributed by atoms with Crippen molar-refractivity contribution < 1.29 is 24.3 Å². The van der Waals surface area contributed by atoms with Crippen LogP contribution in [0.25, 0.3) is 10.6 Å². The molecule has 0 saturated heterocycles. The lowest BCUT2D eigenvalue weighted by Gasteiger charge is -2.28. The maximum Gasteiger partial charge on any atom is 0.290 e. The number of nitrogens with two attached hydrogens (primary N) is 1. The Morgan fingerprint density at radius 3 is 2.42 bits per heavy atom. The molecular weight excluding hydrogens is 420 g/mol. The number of aromatic nitrogens is 1. The van der Waals surface area contributed by atoms with Crippen LogP contribution in [0, 0.1) is 5.92 Å². The van der Waals surface area contributed by atoms with Gasteiger partial charge < -0.3 is 21.5 Å². The van der Waals surface area contributed by atoms with Crippen LogP contribution in [-0.2, 0) is 25.6 Å². The van der Waals surface area contributed by atoms with E-state index < -0.39 is 5.91 Å². The summed E-state index contributed by atoms with van der Waals surface area (Å²) in [5, 5.41) is 15.3. The van der Waals surface area contributed by atoms with Crippen LogP contribution in [0.2, 0.25) is 0 Å².